The van der Waals surface area contributed by atoms with Gasteiger partial charge in [-0.3, -0.25) is 5.84 Å². The van der Waals surface area contributed by atoms with Crippen molar-refractivity contribution in [1.82, 2.24) is 10.7 Å². The van der Waals surface area contributed by atoms with Crippen LogP contribution in [0.3, 0.4) is 0 Å². The molecule has 0 aromatic heterocycles. The smallest absolute Gasteiger partial charge is 0.213 e. The van der Waals surface area contributed by atoms with Gasteiger partial charge in [0.2, 0.25) is 5.11 Å². The predicted molar refractivity (Wildman–Crippen MR) is 64.6 cm³/mol. The van der Waals surface area contributed by atoms with Crippen LogP contribution in [0, 0.1) is 0 Å². The van der Waals surface area contributed by atoms with E-state index in [1.807, 2.05) is 12.1 Å². The highest BCUT2D eigenvalue weighted by Gasteiger charge is 2.07. The van der Waals surface area contributed by atoms with E-state index >= 15 is 0 Å². The maximum absolute atomic E-state index is 9.82. The second-order valence-corrected chi connectivity index (χ2v) is 3.58. The molecule has 0 aliphatic carbocycles. The summed E-state index contributed by atoms with van der Waals surface area (Å²) in [5.74, 6) is 4.17. The molecule has 6 heteroatoms. The number of aliphatic hydroxyl groups is 1. The van der Waals surface area contributed by atoms with Gasteiger partial charge in [-0.15, -0.1) is 0 Å². The zero-order valence-electron chi connectivity index (χ0n) is 9.06. The Morgan fingerprint density at radius 3 is 2.62 bits per heavy atom. The van der Waals surface area contributed by atoms with Crippen molar-refractivity contribution in [3.05, 3.63) is 29.8 Å². The van der Waals surface area contributed by atoms with Crippen LogP contribution in [0.15, 0.2) is 24.3 Å². The molecule has 0 aliphatic heterocycles. The third kappa shape index (κ3) is 3.65. The molecule has 1 atom stereocenters. The van der Waals surface area contributed by atoms with Gasteiger partial charge in [-0.2, -0.15) is 0 Å². The summed E-state index contributed by atoms with van der Waals surface area (Å²) in [5.41, 5.74) is 3.33. The molecule has 0 radical (unpaired) electrons. The highest BCUT2D eigenvalue weighted by molar-refractivity contribution is 7.80. The second kappa shape index (κ2) is 6.26. The predicted octanol–water partition coefficient (Wildman–Crippen LogP) is -0.650. The molecule has 88 valence electrons. The molecule has 5 nitrogen and oxygen atoms in total. The molecule has 0 heterocycles. The van der Waals surface area contributed by atoms with Crippen molar-refractivity contribution in [2.24, 2.45) is 0 Å². The fraction of sp³-hybridized carbons (Fsp3) is 0.300. The normalized spacial score (nSPS) is 11.7. The Labute approximate surface area is 99.6 Å². The lowest BCUT2D eigenvalue weighted by Gasteiger charge is -2.12. The fourth-order valence-corrected chi connectivity index (χ4v) is 1.28. The van der Waals surface area contributed by atoms with Gasteiger partial charge in [0.15, 0.2) is 0 Å². The average molecular weight is 242 g/mol. The molecule has 1 rings (SSSR count). The molecule has 0 amide bonds. The largest absolute Gasteiger partial charge is 0.497 e. The number of hydrogen-bond acceptors (Lipinski definition) is 3. The number of quaternary nitrogens is 1. The zero-order chi connectivity index (χ0) is 12.0. The van der Waals surface area contributed by atoms with Gasteiger partial charge in [0.1, 0.15) is 5.75 Å². The summed E-state index contributed by atoms with van der Waals surface area (Å²) >= 11 is 4.85. The van der Waals surface area contributed by atoms with Crippen LogP contribution < -0.4 is 21.3 Å². The number of rotatable bonds is 4. The van der Waals surface area contributed by atoms with E-state index in [0.717, 1.165) is 11.3 Å². The summed E-state index contributed by atoms with van der Waals surface area (Å²) in [5, 5.41) is 13.1. The first-order valence-corrected chi connectivity index (χ1v) is 5.21. The third-order valence-corrected chi connectivity index (χ3v) is 2.41. The number of benzene rings is 1. The highest BCUT2D eigenvalue weighted by Crippen LogP contribution is 2.16. The average Bonchev–Trinajstić information content (AvgIpc) is 2.35. The summed E-state index contributed by atoms with van der Waals surface area (Å²) in [4.78, 5) is 0. The monoisotopic (exact) mass is 242 g/mol. The van der Waals surface area contributed by atoms with Crippen molar-refractivity contribution in [2.75, 3.05) is 13.7 Å². The number of thiocarbonyl (C=S) groups is 1. The fourth-order valence-electron chi connectivity index (χ4n) is 1.20. The van der Waals surface area contributed by atoms with E-state index in [1.165, 1.54) is 0 Å². The molecule has 6 N–H and O–H groups in total. The van der Waals surface area contributed by atoms with Gasteiger partial charge in [-0.1, -0.05) is 12.1 Å². The minimum atomic E-state index is -0.614. The first-order valence-electron chi connectivity index (χ1n) is 4.80. The van der Waals surface area contributed by atoms with E-state index in [1.54, 1.807) is 19.2 Å². The summed E-state index contributed by atoms with van der Waals surface area (Å²) in [7, 11) is 1.60. The van der Waals surface area contributed by atoms with Gasteiger partial charge >= 0.3 is 0 Å². The molecule has 1 aromatic rings. The Hall–Kier alpha value is -1.37. The topological polar surface area (TPSA) is 81.2 Å². The molecular formula is C10H16N3O2S+. The van der Waals surface area contributed by atoms with Crippen LogP contribution in [0.4, 0.5) is 0 Å². The first-order chi connectivity index (χ1) is 7.67. The summed E-state index contributed by atoms with van der Waals surface area (Å²) in [6, 6.07) is 7.23. The summed E-state index contributed by atoms with van der Waals surface area (Å²) in [6.45, 7) is 0.341. The lowest BCUT2D eigenvalue weighted by molar-refractivity contribution is -0.419. The van der Waals surface area contributed by atoms with Crippen molar-refractivity contribution in [1.29, 1.82) is 0 Å². The van der Waals surface area contributed by atoms with Gasteiger partial charge in [0, 0.05) is 6.54 Å². The molecule has 0 saturated heterocycles. The SMILES string of the molecule is COc1ccc(C(O)CNC(=S)N[NH3+])cc1. The van der Waals surface area contributed by atoms with Crippen LogP contribution in [0.1, 0.15) is 11.7 Å². The number of aliphatic hydroxyl groups excluding tert-OH is 1. The number of methoxy groups -OCH3 is 1. The van der Waals surface area contributed by atoms with Crippen molar-refractivity contribution in [3.63, 3.8) is 0 Å². The van der Waals surface area contributed by atoms with Crippen molar-refractivity contribution >= 4 is 17.3 Å². The molecule has 0 saturated carbocycles. The van der Waals surface area contributed by atoms with Crippen LogP contribution >= 0.6 is 12.2 Å². The maximum Gasteiger partial charge on any atom is 0.213 e. The quantitative estimate of drug-likeness (QED) is 0.417. The zero-order valence-corrected chi connectivity index (χ0v) is 9.88. The lowest BCUT2D eigenvalue weighted by Crippen LogP contribution is -2.69. The van der Waals surface area contributed by atoms with Gasteiger partial charge in [-0.05, 0) is 29.9 Å². The molecule has 0 aliphatic rings. The van der Waals surface area contributed by atoms with Crippen molar-refractivity contribution < 1.29 is 15.7 Å². The van der Waals surface area contributed by atoms with Gasteiger partial charge in [-0.25, -0.2) is 5.43 Å². The van der Waals surface area contributed by atoms with Crippen molar-refractivity contribution in [3.8, 4) is 5.75 Å². The maximum atomic E-state index is 9.82. The molecular weight excluding hydrogens is 226 g/mol. The molecule has 1 aromatic carbocycles. The van der Waals surface area contributed by atoms with E-state index in [2.05, 4.69) is 16.6 Å². The lowest BCUT2D eigenvalue weighted by atomic mass is 10.1. The number of hydrogen-bond donors (Lipinski definition) is 4. The van der Waals surface area contributed by atoms with Gasteiger partial charge in [0.05, 0.1) is 13.2 Å². The molecule has 0 spiro atoms. The molecule has 16 heavy (non-hydrogen) atoms. The van der Waals surface area contributed by atoms with Crippen LogP contribution in [-0.4, -0.2) is 23.9 Å². The van der Waals surface area contributed by atoms with Gasteiger partial charge < -0.3 is 15.2 Å². The van der Waals surface area contributed by atoms with Gasteiger partial charge in [0.25, 0.3) is 0 Å². The summed E-state index contributed by atoms with van der Waals surface area (Å²) < 4.78 is 5.03. The third-order valence-electron chi connectivity index (χ3n) is 2.12. The number of nitrogens with one attached hydrogen (secondary N) is 2. The Kier molecular flexibility index (Phi) is 4.97. The van der Waals surface area contributed by atoms with E-state index in [9.17, 15) is 5.11 Å². The molecule has 0 bridgehead atoms. The second-order valence-electron chi connectivity index (χ2n) is 3.18. The Morgan fingerprint density at radius 1 is 1.50 bits per heavy atom. The first kappa shape index (κ1) is 12.7. The van der Waals surface area contributed by atoms with Crippen LogP contribution in [-0.2, 0) is 0 Å². The summed E-state index contributed by atoms with van der Waals surface area (Å²) in [6.07, 6.45) is -0.614. The molecule has 0 fully saturated rings. The standard InChI is InChI=1S/C10H15N3O2S/c1-15-8-4-2-7(3-5-8)9(14)6-12-10(16)13-11/h2-5,9,14H,6,11H2,1H3,(H2,12,13,16)/p+1. The van der Waals surface area contributed by atoms with Crippen LogP contribution in [0.25, 0.3) is 0 Å². The van der Waals surface area contributed by atoms with E-state index in [0.29, 0.717) is 11.7 Å². The van der Waals surface area contributed by atoms with E-state index in [-0.39, 0.29) is 0 Å². The Balaban J connectivity index is 2.52. The Morgan fingerprint density at radius 2 is 2.12 bits per heavy atom. The van der Waals surface area contributed by atoms with Crippen LogP contribution in [0.2, 0.25) is 0 Å². The molecule has 1 unspecified atom stereocenters. The highest BCUT2D eigenvalue weighted by atomic mass is 32.1. The van der Waals surface area contributed by atoms with Crippen LogP contribution in [0.5, 0.6) is 5.75 Å². The number of ether oxygens (including phenoxy) is 1. The minimum Gasteiger partial charge on any atom is -0.497 e. The van der Waals surface area contributed by atoms with E-state index < -0.39 is 6.10 Å². The minimum absolute atomic E-state index is 0.341. The Bertz CT molecular complexity index is 342. The van der Waals surface area contributed by atoms with Crippen molar-refractivity contribution in [2.45, 2.75) is 6.10 Å². The van der Waals surface area contributed by atoms with E-state index in [4.69, 9.17) is 17.0 Å².